The van der Waals surface area contributed by atoms with Gasteiger partial charge in [0.25, 0.3) is 0 Å². The molecule has 7 heteroatoms. The van der Waals surface area contributed by atoms with Crippen LogP contribution < -0.4 is 4.74 Å². The predicted octanol–water partition coefficient (Wildman–Crippen LogP) is 7.04. The fourth-order valence-electron chi connectivity index (χ4n) is 5.12. The van der Waals surface area contributed by atoms with Gasteiger partial charge in [0.2, 0.25) is 0 Å². The van der Waals surface area contributed by atoms with E-state index in [1.165, 1.54) is 24.3 Å². The molecule has 1 fully saturated rings. The Morgan fingerprint density at radius 3 is 2.46 bits per heavy atom. The van der Waals surface area contributed by atoms with Crippen LogP contribution in [0.1, 0.15) is 52.0 Å². The summed E-state index contributed by atoms with van der Waals surface area (Å²) in [4.78, 5) is 28.6. The van der Waals surface area contributed by atoms with Crippen LogP contribution in [0.25, 0.3) is 0 Å². The summed E-state index contributed by atoms with van der Waals surface area (Å²) in [6.45, 7) is 2.28. The molecule has 3 aromatic rings. The quantitative estimate of drug-likeness (QED) is 0.315. The van der Waals surface area contributed by atoms with E-state index in [2.05, 4.69) is 4.90 Å². The van der Waals surface area contributed by atoms with Crippen molar-refractivity contribution in [3.8, 4) is 11.5 Å². The van der Waals surface area contributed by atoms with Gasteiger partial charge in [0.05, 0.1) is 11.0 Å². The number of carbonyl (C=O) groups is 2. The predicted molar refractivity (Wildman–Crippen MR) is 140 cm³/mol. The van der Waals surface area contributed by atoms with E-state index in [0.29, 0.717) is 41.2 Å². The van der Waals surface area contributed by atoms with Gasteiger partial charge in [-0.2, -0.15) is 0 Å². The van der Waals surface area contributed by atoms with E-state index in [0.717, 1.165) is 37.4 Å². The molecule has 4 nitrogen and oxygen atoms in total. The maximum absolute atomic E-state index is 13.9. The lowest BCUT2D eigenvalue weighted by molar-refractivity contribution is 0.0770. The fraction of sp³-hybridized carbons (Fsp3) is 0.286. The van der Waals surface area contributed by atoms with Gasteiger partial charge in [0.1, 0.15) is 17.3 Å². The van der Waals surface area contributed by atoms with Crippen LogP contribution in [0.4, 0.5) is 4.39 Å². The van der Waals surface area contributed by atoms with Gasteiger partial charge in [0.15, 0.2) is 11.6 Å². The molecule has 0 unspecified atom stereocenters. The molecule has 0 radical (unpaired) electrons. The number of benzene rings is 3. The minimum Gasteiger partial charge on any atom is -0.456 e. The minimum atomic E-state index is -0.660. The van der Waals surface area contributed by atoms with Gasteiger partial charge in [0, 0.05) is 22.6 Å². The molecule has 2 aliphatic heterocycles. The number of Topliss-reactive ketones (excluding diaryl/α,β-unsaturated/α-hetero) is 2. The van der Waals surface area contributed by atoms with Crippen molar-refractivity contribution in [2.24, 2.45) is 0 Å². The highest BCUT2D eigenvalue weighted by Crippen LogP contribution is 2.48. The monoisotopic (exact) mass is 557 g/mol. The molecule has 0 saturated carbocycles. The molecule has 0 atom stereocenters. The molecule has 2 heterocycles. The number of carbonyl (C=O) groups excluding carboxylic acids is 2. The summed E-state index contributed by atoms with van der Waals surface area (Å²) in [6.07, 6.45) is 2.47. The van der Waals surface area contributed by atoms with Crippen molar-refractivity contribution < 1.29 is 18.7 Å². The molecule has 0 N–H and O–H groups in total. The molecule has 2 aliphatic rings. The Morgan fingerprint density at radius 2 is 1.71 bits per heavy atom. The number of rotatable bonds is 5. The number of halogens is 3. The fourth-order valence-corrected chi connectivity index (χ4v) is 5.29. The molecule has 5 rings (SSSR count). The van der Waals surface area contributed by atoms with Gasteiger partial charge < -0.3 is 9.64 Å². The van der Waals surface area contributed by atoms with Crippen LogP contribution in [0.2, 0.25) is 5.02 Å². The van der Waals surface area contributed by atoms with Gasteiger partial charge >= 0.3 is 0 Å². The van der Waals surface area contributed by atoms with E-state index in [4.69, 9.17) is 16.3 Å². The lowest BCUT2D eigenvalue weighted by Gasteiger charge is -2.40. The van der Waals surface area contributed by atoms with Crippen LogP contribution in [-0.4, -0.2) is 36.1 Å². The normalized spacial score (nSPS) is 16.5. The summed E-state index contributed by atoms with van der Waals surface area (Å²) < 4.78 is 19.3. The number of ketones is 2. The molecular formula is C28H26BrClFNO3. The Labute approximate surface area is 219 Å². The van der Waals surface area contributed by atoms with Crippen LogP contribution in [0.3, 0.4) is 0 Å². The Morgan fingerprint density at radius 1 is 1.00 bits per heavy atom. The van der Waals surface area contributed by atoms with Crippen LogP contribution in [-0.2, 0) is 5.41 Å². The average molecular weight is 559 g/mol. The number of ether oxygens (including phenoxy) is 1. The lowest BCUT2D eigenvalue weighted by atomic mass is 9.68. The maximum atomic E-state index is 13.9. The third kappa shape index (κ3) is 5.06. The molecule has 1 saturated heterocycles. The Bertz CT molecular complexity index is 1240. The van der Waals surface area contributed by atoms with E-state index in [-0.39, 0.29) is 34.4 Å². The van der Waals surface area contributed by atoms with Gasteiger partial charge in [-0.25, -0.2) is 4.39 Å². The van der Waals surface area contributed by atoms with Gasteiger partial charge in [-0.15, -0.1) is 17.0 Å². The standard InChI is InChI=1S/C28H25ClFNO3.BrH/c29-20-9-12-25-22(18-20)27(33)28(23-4-1-2-6-26(23)34-25)13-16-31(17-14-28)15-3-5-24(32)19-7-10-21(30)11-8-19;/h1-2,4,6-12,18H,3,5,13-17H2;1H. The number of piperidine rings is 1. The van der Waals surface area contributed by atoms with Gasteiger partial charge in [-0.1, -0.05) is 29.8 Å². The maximum Gasteiger partial charge on any atom is 0.177 e. The Balaban J connectivity index is 0.00000289. The molecule has 35 heavy (non-hydrogen) atoms. The van der Waals surface area contributed by atoms with E-state index in [1.54, 1.807) is 18.2 Å². The zero-order valence-electron chi connectivity index (χ0n) is 19.1. The van der Waals surface area contributed by atoms with Gasteiger partial charge in [-0.3, -0.25) is 9.59 Å². The van der Waals surface area contributed by atoms with Crippen molar-refractivity contribution >= 4 is 40.1 Å². The van der Waals surface area contributed by atoms with Gasteiger partial charge in [-0.05, 0) is 87.4 Å². The third-order valence-electron chi connectivity index (χ3n) is 7.00. The van der Waals surface area contributed by atoms with Crippen molar-refractivity contribution in [2.45, 2.75) is 31.1 Å². The number of hydrogen-bond acceptors (Lipinski definition) is 4. The first-order chi connectivity index (χ1) is 16.5. The van der Waals surface area contributed by atoms with Crippen LogP contribution >= 0.6 is 28.6 Å². The Hall–Kier alpha value is -2.54. The number of para-hydroxylation sites is 1. The first kappa shape index (κ1) is 25.5. The van der Waals surface area contributed by atoms with Crippen LogP contribution in [0, 0.1) is 5.82 Å². The average Bonchev–Trinajstić information content (AvgIpc) is 2.94. The topological polar surface area (TPSA) is 46.6 Å². The summed E-state index contributed by atoms with van der Waals surface area (Å²) in [5, 5.41) is 0.514. The van der Waals surface area contributed by atoms with Crippen molar-refractivity contribution in [1.82, 2.24) is 4.90 Å². The SMILES string of the molecule is Br.O=C(CCCN1CCC2(CC1)C(=O)c1cc(Cl)ccc1Oc1ccccc12)c1ccc(F)cc1. The second kappa shape index (κ2) is 10.6. The lowest BCUT2D eigenvalue weighted by Crippen LogP contribution is -2.47. The first-order valence-electron chi connectivity index (χ1n) is 11.6. The number of fused-ring (bicyclic) bond motifs is 3. The second-order valence-electron chi connectivity index (χ2n) is 9.03. The molecule has 182 valence electrons. The van der Waals surface area contributed by atoms with Crippen molar-refractivity contribution in [1.29, 1.82) is 0 Å². The zero-order valence-corrected chi connectivity index (χ0v) is 21.6. The van der Waals surface area contributed by atoms with Crippen molar-refractivity contribution in [3.05, 3.63) is 94.3 Å². The zero-order chi connectivity index (χ0) is 23.7. The molecule has 0 amide bonds. The summed E-state index contributed by atoms with van der Waals surface area (Å²) in [5.41, 5.74) is 1.34. The van der Waals surface area contributed by atoms with E-state index in [1.807, 2.05) is 24.3 Å². The molecular weight excluding hydrogens is 533 g/mol. The number of likely N-dealkylation sites (tertiary alicyclic amines) is 1. The molecule has 0 bridgehead atoms. The van der Waals surface area contributed by atoms with Crippen molar-refractivity contribution in [3.63, 3.8) is 0 Å². The summed E-state index contributed by atoms with van der Waals surface area (Å²) in [7, 11) is 0. The molecule has 0 aromatic heterocycles. The largest absolute Gasteiger partial charge is 0.456 e. The molecule has 3 aromatic carbocycles. The highest BCUT2D eigenvalue weighted by atomic mass is 79.9. The first-order valence-corrected chi connectivity index (χ1v) is 12.0. The van der Waals surface area contributed by atoms with E-state index >= 15 is 0 Å². The third-order valence-corrected chi connectivity index (χ3v) is 7.23. The molecule has 0 aliphatic carbocycles. The summed E-state index contributed by atoms with van der Waals surface area (Å²) in [6, 6.07) is 18.7. The highest BCUT2D eigenvalue weighted by molar-refractivity contribution is 8.93. The summed E-state index contributed by atoms with van der Waals surface area (Å²) >= 11 is 6.23. The van der Waals surface area contributed by atoms with E-state index < -0.39 is 5.41 Å². The number of nitrogens with zero attached hydrogens (tertiary/aromatic N) is 1. The van der Waals surface area contributed by atoms with E-state index in [9.17, 15) is 14.0 Å². The summed E-state index contributed by atoms with van der Waals surface area (Å²) in [5.74, 6) is 0.993. The van der Waals surface area contributed by atoms with Crippen LogP contribution in [0.15, 0.2) is 66.7 Å². The minimum absolute atomic E-state index is 0. The number of hydrogen-bond donors (Lipinski definition) is 0. The van der Waals surface area contributed by atoms with Crippen molar-refractivity contribution in [2.75, 3.05) is 19.6 Å². The second-order valence-corrected chi connectivity index (χ2v) is 9.46. The molecule has 1 spiro atoms. The Kier molecular flexibility index (Phi) is 7.74. The highest BCUT2D eigenvalue weighted by Gasteiger charge is 2.47. The van der Waals surface area contributed by atoms with Crippen LogP contribution in [0.5, 0.6) is 11.5 Å². The smallest absolute Gasteiger partial charge is 0.177 e.